The van der Waals surface area contributed by atoms with Crippen LogP contribution in [0.5, 0.6) is 0 Å². The molecule has 0 aromatic rings. The molecule has 0 aromatic carbocycles. The summed E-state index contributed by atoms with van der Waals surface area (Å²) in [5.74, 6) is 1.49. The van der Waals surface area contributed by atoms with E-state index >= 15 is 0 Å². The first kappa shape index (κ1) is 6.00. The molecule has 1 saturated carbocycles. The molecule has 2 aliphatic heterocycles. The molecule has 2 N–H and O–H groups in total. The third-order valence-corrected chi connectivity index (χ3v) is 3.44. The van der Waals surface area contributed by atoms with Gasteiger partial charge in [0.05, 0.1) is 12.0 Å². The van der Waals surface area contributed by atoms with Gasteiger partial charge in [-0.15, -0.1) is 0 Å². The number of carbonyl (C=O) groups is 1. The second-order valence-corrected chi connectivity index (χ2v) is 3.91. The van der Waals surface area contributed by atoms with Gasteiger partial charge in [-0.3, -0.25) is 4.79 Å². The Morgan fingerprint density at radius 1 is 1.27 bits per heavy atom. The summed E-state index contributed by atoms with van der Waals surface area (Å²) in [6.45, 7) is 1.17. The van der Waals surface area contributed by atoms with Gasteiger partial charge in [0.25, 0.3) is 0 Å². The van der Waals surface area contributed by atoms with Crippen LogP contribution in [0.2, 0.25) is 0 Å². The fraction of sp³-hybridized carbons (Fsp3) is 0.875. The Labute approximate surface area is 65.5 Å². The summed E-state index contributed by atoms with van der Waals surface area (Å²) >= 11 is 0. The van der Waals surface area contributed by atoms with Gasteiger partial charge in [0.15, 0.2) is 0 Å². The van der Waals surface area contributed by atoms with E-state index in [-0.39, 0.29) is 5.91 Å². The van der Waals surface area contributed by atoms with E-state index in [0.29, 0.717) is 18.0 Å². The SMILES string of the molecule is O=C1NC2C1CC[C@H]1CN[C@@H]21. The number of rotatable bonds is 0. The van der Waals surface area contributed by atoms with E-state index < -0.39 is 0 Å². The number of β-lactam (4-membered cyclic amide) rings is 1. The Morgan fingerprint density at radius 3 is 2.82 bits per heavy atom. The van der Waals surface area contributed by atoms with Crippen molar-refractivity contribution in [3.8, 4) is 0 Å². The maximum atomic E-state index is 11.0. The zero-order valence-corrected chi connectivity index (χ0v) is 6.34. The topological polar surface area (TPSA) is 41.1 Å². The van der Waals surface area contributed by atoms with Crippen molar-refractivity contribution >= 4 is 5.91 Å². The van der Waals surface area contributed by atoms with Crippen molar-refractivity contribution in [1.29, 1.82) is 0 Å². The molecular weight excluding hydrogens is 140 g/mol. The number of carbonyl (C=O) groups excluding carboxylic acids is 1. The Kier molecular flexibility index (Phi) is 0.969. The average molecular weight is 152 g/mol. The van der Waals surface area contributed by atoms with E-state index in [1.54, 1.807) is 0 Å². The van der Waals surface area contributed by atoms with Gasteiger partial charge in [0.2, 0.25) is 5.91 Å². The maximum Gasteiger partial charge on any atom is 0.225 e. The summed E-state index contributed by atoms with van der Waals surface area (Å²) in [6, 6.07) is 1.10. The van der Waals surface area contributed by atoms with Gasteiger partial charge in [-0.25, -0.2) is 0 Å². The van der Waals surface area contributed by atoms with Crippen molar-refractivity contribution in [1.82, 2.24) is 10.6 Å². The van der Waals surface area contributed by atoms with Crippen molar-refractivity contribution in [2.75, 3.05) is 6.54 Å². The number of fused-ring (bicyclic) bond motifs is 3. The van der Waals surface area contributed by atoms with E-state index in [9.17, 15) is 4.79 Å². The van der Waals surface area contributed by atoms with Gasteiger partial charge in [0, 0.05) is 6.04 Å². The van der Waals surface area contributed by atoms with E-state index in [4.69, 9.17) is 0 Å². The fourth-order valence-electron chi connectivity index (χ4n) is 2.61. The van der Waals surface area contributed by atoms with Gasteiger partial charge in [-0.2, -0.15) is 0 Å². The Bertz CT molecular complexity index is 216. The molecule has 2 saturated heterocycles. The minimum atomic E-state index is 0.280. The Balaban J connectivity index is 1.80. The van der Waals surface area contributed by atoms with Crippen LogP contribution in [-0.2, 0) is 4.79 Å². The molecule has 0 bridgehead atoms. The summed E-state index contributed by atoms with van der Waals surface area (Å²) in [4.78, 5) is 11.0. The first-order valence-electron chi connectivity index (χ1n) is 4.40. The number of hydrogen-bond acceptors (Lipinski definition) is 2. The van der Waals surface area contributed by atoms with Crippen LogP contribution in [0.25, 0.3) is 0 Å². The molecular formula is C8H12N2O. The third kappa shape index (κ3) is 0.601. The molecule has 3 heteroatoms. The van der Waals surface area contributed by atoms with Crippen LogP contribution in [0.1, 0.15) is 12.8 Å². The highest BCUT2D eigenvalue weighted by atomic mass is 16.2. The minimum absolute atomic E-state index is 0.280. The molecule has 0 radical (unpaired) electrons. The molecule has 3 rings (SSSR count). The summed E-state index contributed by atoms with van der Waals surface area (Å²) in [7, 11) is 0. The molecule has 1 aliphatic carbocycles. The molecule has 2 unspecified atom stereocenters. The van der Waals surface area contributed by atoms with Crippen LogP contribution in [0.4, 0.5) is 0 Å². The van der Waals surface area contributed by atoms with Crippen molar-refractivity contribution in [2.24, 2.45) is 11.8 Å². The fourth-order valence-corrected chi connectivity index (χ4v) is 2.61. The third-order valence-electron chi connectivity index (χ3n) is 3.44. The van der Waals surface area contributed by atoms with Gasteiger partial charge >= 0.3 is 0 Å². The summed E-state index contributed by atoms with van der Waals surface area (Å²) in [6.07, 6.45) is 2.38. The molecule has 0 aromatic heterocycles. The largest absolute Gasteiger partial charge is 0.351 e. The lowest BCUT2D eigenvalue weighted by atomic mass is 9.66. The quantitative estimate of drug-likeness (QED) is 0.459. The highest BCUT2D eigenvalue weighted by molar-refractivity contribution is 5.86. The first-order valence-corrected chi connectivity index (χ1v) is 4.40. The van der Waals surface area contributed by atoms with Crippen molar-refractivity contribution in [3.05, 3.63) is 0 Å². The molecule has 3 nitrogen and oxygen atoms in total. The number of hydrogen-bond donors (Lipinski definition) is 2. The van der Waals surface area contributed by atoms with Gasteiger partial charge < -0.3 is 10.6 Å². The number of nitrogens with one attached hydrogen (secondary N) is 2. The van der Waals surface area contributed by atoms with Crippen molar-refractivity contribution in [3.63, 3.8) is 0 Å². The zero-order chi connectivity index (χ0) is 7.42. The van der Waals surface area contributed by atoms with Gasteiger partial charge in [0.1, 0.15) is 0 Å². The highest BCUT2D eigenvalue weighted by Gasteiger charge is 2.52. The smallest absolute Gasteiger partial charge is 0.225 e. The van der Waals surface area contributed by atoms with E-state index in [1.165, 1.54) is 13.0 Å². The monoisotopic (exact) mass is 152 g/mol. The lowest BCUT2D eigenvalue weighted by molar-refractivity contribution is -0.141. The Morgan fingerprint density at radius 2 is 2.18 bits per heavy atom. The van der Waals surface area contributed by atoms with E-state index in [0.717, 1.165) is 12.3 Å². The van der Waals surface area contributed by atoms with Crippen molar-refractivity contribution < 1.29 is 4.79 Å². The molecule has 3 fully saturated rings. The summed E-state index contributed by atoms with van der Waals surface area (Å²) in [5.41, 5.74) is 0. The number of amides is 1. The van der Waals surface area contributed by atoms with Crippen LogP contribution in [-0.4, -0.2) is 24.5 Å². The molecule has 11 heavy (non-hydrogen) atoms. The first-order chi connectivity index (χ1) is 5.36. The van der Waals surface area contributed by atoms with Gasteiger partial charge in [-0.1, -0.05) is 0 Å². The molecule has 60 valence electrons. The maximum absolute atomic E-state index is 11.0. The predicted molar refractivity (Wildman–Crippen MR) is 39.9 cm³/mol. The summed E-state index contributed by atoms with van der Waals surface area (Å²) < 4.78 is 0. The zero-order valence-electron chi connectivity index (χ0n) is 6.34. The van der Waals surface area contributed by atoms with E-state index in [2.05, 4.69) is 10.6 Å². The van der Waals surface area contributed by atoms with Crippen LogP contribution in [0.15, 0.2) is 0 Å². The van der Waals surface area contributed by atoms with Gasteiger partial charge in [-0.05, 0) is 25.3 Å². The molecule has 3 aliphatic rings. The Hall–Kier alpha value is -0.570. The molecule has 1 amide bonds. The minimum Gasteiger partial charge on any atom is -0.351 e. The predicted octanol–water partition coefficient (Wildman–Crippen LogP) is -0.517. The van der Waals surface area contributed by atoms with Crippen LogP contribution in [0.3, 0.4) is 0 Å². The van der Waals surface area contributed by atoms with Crippen LogP contribution < -0.4 is 10.6 Å². The molecule has 4 atom stereocenters. The normalized spacial score (nSPS) is 52.9. The second kappa shape index (κ2) is 1.78. The summed E-state index contributed by atoms with van der Waals surface area (Å²) in [5, 5.41) is 6.36. The standard InChI is InChI=1S/C8H12N2O/c11-8-5-2-1-4-3-9-6(4)7(5)10-8/h4-7,9H,1-3H2,(H,10,11)/t4-,5?,6+,7?/m0/s1. The highest BCUT2D eigenvalue weighted by Crippen LogP contribution is 2.38. The van der Waals surface area contributed by atoms with Crippen molar-refractivity contribution in [2.45, 2.75) is 24.9 Å². The second-order valence-electron chi connectivity index (χ2n) is 3.91. The van der Waals surface area contributed by atoms with E-state index in [1.807, 2.05) is 0 Å². The van der Waals surface area contributed by atoms with Crippen LogP contribution >= 0.6 is 0 Å². The molecule has 0 spiro atoms. The lowest BCUT2D eigenvalue weighted by Gasteiger charge is -2.54. The average Bonchev–Trinajstić information content (AvgIpc) is 1.93. The lowest BCUT2D eigenvalue weighted by Crippen LogP contribution is -2.75. The van der Waals surface area contributed by atoms with Crippen LogP contribution in [0, 0.1) is 11.8 Å². The molecule has 2 heterocycles.